The van der Waals surface area contributed by atoms with Crippen LogP contribution >= 0.6 is 0 Å². The molecule has 1 amide bonds. The van der Waals surface area contributed by atoms with Gasteiger partial charge in [0.05, 0.1) is 18.0 Å². The molecule has 0 radical (unpaired) electrons. The summed E-state index contributed by atoms with van der Waals surface area (Å²) < 4.78 is 26.2. The number of nitrogens with zero attached hydrogens (tertiary/aromatic N) is 3. The van der Waals surface area contributed by atoms with E-state index in [1.807, 2.05) is 61.7 Å². The zero-order chi connectivity index (χ0) is 26.5. The van der Waals surface area contributed by atoms with Crippen molar-refractivity contribution in [3.8, 4) is 34.0 Å². The van der Waals surface area contributed by atoms with Crippen molar-refractivity contribution >= 4 is 5.91 Å². The van der Waals surface area contributed by atoms with E-state index >= 15 is 0 Å². The van der Waals surface area contributed by atoms with Gasteiger partial charge in [0, 0.05) is 35.5 Å². The monoisotopic (exact) mass is 510 g/mol. The van der Waals surface area contributed by atoms with Crippen molar-refractivity contribution in [3.05, 3.63) is 108 Å². The molecule has 0 bridgehead atoms. The lowest BCUT2D eigenvalue weighted by atomic mass is 10.0. The lowest BCUT2D eigenvalue weighted by molar-refractivity contribution is 0.0942. The van der Waals surface area contributed by atoms with Crippen LogP contribution in [0.3, 0.4) is 0 Å². The number of halogens is 1. The number of aryl methyl sites for hydroxylation is 1. The van der Waals surface area contributed by atoms with Crippen LogP contribution in [0.1, 0.15) is 35.0 Å². The van der Waals surface area contributed by atoms with E-state index in [0.29, 0.717) is 17.9 Å². The van der Waals surface area contributed by atoms with Gasteiger partial charge in [-0.25, -0.2) is 9.07 Å². The van der Waals surface area contributed by atoms with Crippen LogP contribution in [0.4, 0.5) is 4.39 Å². The minimum atomic E-state index is -0.389. The Morgan fingerprint density at radius 1 is 1.03 bits per heavy atom. The first-order chi connectivity index (χ1) is 18.5. The van der Waals surface area contributed by atoms with Crippen molar-refractivity contribution in [2.24, 2.45) is 0 Å². The third kappa shape index (κ3) is 5.49. The topological polar surface area (TPSA) is 82.2 Å². The van der Waals surface area contributed by atoms with Crippen molar-refractivity contribution in [1.82, 2.24) is 20.3 Å². The van der Waals surface area contributed by atoms with Gasteiger partial charge in [-0.3, -0.25) is 4.79 Å². The molecule has 192 valence electrons. The largest absolute Gasteiger partial charge is 0.493 e. The van der Waals surface area contributed by atoms with E-state index in [-0.39, 0.29) is 24.0 Å². The Morgan fingerprint density at radius 2 is 1.79 bits per heavy atom. The summed E-state index contributed by atoms with van der Waals surface area (Å²) in [6.07, 6.45) is 2.85. The van der Waals surface area contributed by atoms with E-state index in [1.54, 1.807) is 16.8 Å². The van der Waals surface area contributed by atoms with Gasteiger partial charge in [-0.05, 0) is 73.5 Å². The van der Waals surface area contributed by atoms with Crippen LogP contribution in [0.5, 0.6) is 5.75 Å². The van der Waals surface area contributed by atoms with E-state index in [0.717, 1.165) is 40.2 Å². The number of amides is 1. The summed E-state index contributed by atoms with van der Waals surface area (Å²) >= 11 is 0. The minimum Gasteiger partial charge on any atom is -0.493 e. The predicted molar refractivity (Wildman–Crippen MR) is 143 cm³/mol. The zero-order valence-electron chi connectivity index (χ0n) is 21.1. The molecule has 0 spiro atoms. The molecular formula is C30H27FN4O3. The number of para-hydroxylation sites is 1. The Kier molecular flexibility index (Phi) is 7.31. The Balaban J connectivity index is 1.39. The predicted octanol–water partition coefficient (Wildman–Crippen LogP) is 6.36. The fraction of sp³-hybridized carbons (Fsp3) is 0.167. The lowest BCUT2D eigenvalue weighted by Crippen LogP contribution is -2.23. The summed E-state index contributed by atoms with van der Waals surface area (Å²) in [4.78, 5) is 12.9. The van der Waals surface area contributed by atoms with E-state index in [4.69, 9.17) is 14.4 Å². The molecule has 0 unspecified atom stereocenters. The van der Waals surface area contributed by atoms with Crippen molar-refractivity contribution < 1.29 is 18.4 Å². The fourth-order valence-electron chi connectivity index (χ4n) is 4.06. The number of carbonyl (C=O) groups is 1. The third-order valence-electron chi connectivity index (χ3n) is 6.03. The average molecular weight is 511 g/mol. The van der Waals surface area contributed by atoms with E-state index < -0.39 is 0 Å². The van der Waals surface area contributed by atoms with Crippen molar-refractivity contribution in [1.29, 1.82) is 0 Å². The molecule has 5 rings (SSSR count). The molecule has 7 nitrogen and oxygen atoms in total. The summed E-state index contributed by atoms with van der Waals surface area (Å²) in [5, 5.41) is 11.7. The van der Waals surface area contributed by atoms with Crippen molar-refractivity contribution in [2.45, 2.75) is 26.8 Å². The number of benzene rings is 3. The molecule has 0 aliphatic heterocycles. The minimum absolute atomic E-state index is 0.134. The molecule has 0 saturated heterocycles. The highest BCUT2D eigenvalue weighted by molar-refractivity contribution is 5.93. The number of hydrogen-bond acceptors (Lipinski definition) is 5. The summed E-state index contributed by atoms with van der Waals surface area (Å²) in [5.41, 5.74) is 5.20. The molecular weight excluding hydrogens is 483 g/mol. The number of ether oxygens (including phenoxy) is 1. The first-order valence-corrected chi connectivity index (χ1v) is 12.4. The molecule has 5 aromatic rings. The molecule has 0 fully saturated rings. The Bertz CT molecular complexity index is 1540. The average Bonchev–Trinajstić information content (AvgIpc) is 3.60. The number of rotatable bonds is 9. The summed E-state index contributed by atoms with van der Waals surface area (Å²) in [5.74, 6) is 0.487. The Hall–Kier alpha value is -4.72. The molecule has 8 heteroatoms. The maximum Gasteiger partial charge on any atom is 0.273 e. The number of hydrogen-bond donors (Lipinski definition) is 1. The SMILES string of the molecule is CCCOc1ccc(-c2nn(-c3ccccc3)cc2CNC(=O)c2cc(-c3ccc(F)cc3)on2)cc1C. The second-order valence-electron chi connectivity index (χ2n) is 8.88. The van der Waals surface area contributed by atoms with Gasteiger partial charge in [-0.1, -0.05) is 30.3 Å². The van der Waals surface area contributed by atoms with Gasteiger partial charge < -0.3 is 14.6 Å². The van der Waals surface area contributed by atoms with E-state index in [9.17, 15) is 9.18 Å². The highest BCUT2D eigenvalue weighted by atomic mass is 19.1. The normalized spacial score (nSPS) is 10.9. The second-order valence-corrected chi connectivity index (χ2v) is 8.88. The van der Waals surface area contributed by atoms with Gasteiger partial charge >= 0.3 is 0 Å². The molecule has 3 aromatic carbocycles. The molecule has 0 atom stereocenters. The first-order valence-electron chi connectivity index (χ1n) is 12.4. The molecule has 0 aliphatic rings. The van der Waals surface area contributed by atoms with Crippen molar-refractivity contribution in [2.75, 3.05) is 6.61 Å². The molecule has 0 aliphatic carbocycles. The Labute approximate surface area is 219 Å². The first kappa shape index (κ1) is 25.0. The number of nitrogens with one attached hydrogen (secondary N) is 1. The lowest BCUT2D eigenvalue weighted by Gasteiger charge is -2.10. The maximum atomic E-state index is 13.2. The summed E-state index contributed by atoms with van der Waals surface area (Å²) in [6.45, 7) is 4.97. The van der Waals surface area contributed by atoms with Crippen LogP contribution in [0.25, 0.3) is 28.3 Å². The van der Waals surface area contributed by atoms with Gasteiger partial charge in [0.1, 0.15) is 11.6 Å². The molecule has 1 N–H and O–H groups in total. The van der Waals surface area contributed by atoms with Gasteiger partial charge in [-0.15, -0.1) is 0 Å². The van der Waals surface area contributed by atoms with Crippen LogP contribution in [-0.4, -0.2) is 27.5 Å². The zero-order valence-corrected chi connectivity index (χ0v) is 21.1. The van der Waals surface area contributed by atoms with Crippen LogP contribution in [0.2, 0.25) is 0 Å². The van der Waals surface area contributed by atoms with Crippen LogP contribution < -0.4 is 10.1 Å². The molecule has 2 aromatic heterocycles. The highest BCUT2D eigenvalue weighted by Crippen LogP contribution is 2.29. The number of aromatic nitrogens is 3. The van der Waals surface area contributed by atoms with Gasteiger partial charge in [0.15, 0.2) is 11.5 Å². The quantitative estimate of drug-likeness (QED) is 0.250. The van der Waals surface area contributed by atoms with Gasteiger partial charge in [-0.2, -0.15) is 5.10 Å². The standard InChI is InChI=1S/C30H27FN4O3/c1-3-15-37-27-14-11-22(16-20(27)2)29-23(19-35(33-29)25-7-5-4-6-8-25)18-32-30(36)26-17-28(38-34-26)21-9-12-24(31)13-10-21/h4-14,16-17,19H,3,15,18H2,1-2H3,(H,32,36). The van der Waals surface area contributed by atoms with Crippen LogP contribution in [0, 0.1) is 12.7 Å². The summed E-state index contributed by atoms with van der Waals surface area (Å²) in [6, 6.07) is 23.1. The second kappa shape index (κ2) is 11.1. The van der Waals surface area contributed by atoms with E-state index in [1.165, 1.54) is 18.2 Å². The highest BCUT2D eigenvalue weighted by Gasteiger charge is 2.18. The summed E-state index contributed by atoms with van der Waals surface area (Å²) in [7, 11) is 0. The third-order valence-corrected chi connectivity index (χ3v) is 6.03. The van der Waals surface area contributed by atoms with Crippen molar-refractivity contribution in [3.63, 3.8) is 0 Å². The fourth-order valence-corrected chi connectivity index (χ4v) is 4.06. The van der Waals surface area contributed by atoms with Gasteiger partial charge in [0.2, 0.25) is 0 Å². The van der Waals surface area contributed by atoms with Gasteiger partial charge in [0.25, 0.3) is 5.91 Å². The Morgan fingerprint density at radius 3 is 2.53 bits per heavy atom. The smallest absolute Gasteiger partial charge is 0.273 e. The molecule has 2 heterocycles. The molecule has 0 saturated carbocycles. The van der Waals surface area contributed by atoms with E-state index in [2.05, 4.69) is 17.4 Å². The van der Waals surface area contributed by atoms with Crippen LogP contribution in [0.15, 0.2) is 89.6 Å². The maximum absolute atomic E-state index is 13.2. The van der Waals surface area contributed by atoms with Crippen LogP contribution in [-0.2, 0) is 6.54 Å². The molecule has 38 heavy (non-hydrogen) atoms. The number of carbonyl (C=O) groups excluding carboxylic acids is 1.